The summed E-state index contributed by atoms with van der Waals surface area (Å²) in [6, 6.07) is 5.65. The quantitative estimate of drug-likeness (QED) is 0.440. The van der Waals surface area contributed by atoms with E-state index >= 15 is 0 Å². The molecule has 0 atom stereocenters. The fraction of sp³-hybridized carbons (Fsp3) is 0.412. The van der Waals surface area contributed by atoms with Gasteiger partial charge in [0, 0.05) is 46.1 Å². The van der Waals surface area contributed by atoms with E-state index in [-0.39, 0.29) is 5.91 Å². The highest BCUT2D eigenvalue weighted by molar-refractivity contribution is 7.12. The molecule has 2 heterocycles. The molecule has 0 saturated carbocycles. The SMILES string of the molecule is CN=C(NCCCNC(=O)c1cccs1)N(C)Cc1cc(Cl)cn1C. The van der Waals surface area contributed by atoms with Crippen molar-refractivity contribution in [3.63, 3.8) is 0 Å². The molecule has 136 valence electrons. The third-order valence-electron chi connectivity index (χ3n) is 3.71. The standard InChI is InChI=1S/C17H24ClN5OS/c1-19-17(23(3)12-14-10-13(18)11-22(14)2)21-8-5-7-20-16(24)15-6-4-9-25-15/h4,6,9-11H,5,7-8,12H2,1-3H3,(H,19,21)(H,20,24). The number of amides is 1. The number of halogens is 1. The first kappa shape index (κ1) is 19.3. The molecule has 2 rings (SSSR count). The normalized spacial score (nSPS) is 11.4. The van der Waals surface area contributed by atoms with Crippen molar-refractivity contribution in [1.82, 2.24) is 20.1 Å². The molecular formula is C17H24ClN5OS. The lowest BCUT2D eigenvalue weighted by atomic mass is 10.3. The van der Waals surface area contributed by atoms with Gasteiger partial charge in [-0.05, 0) is 23.9 Å². The molecule has 25 heavy (non-hydrogen) atoms. The lowest BCUT2D eigenvalue weighted by Gasteiger charge is -2.22. The molecule has 2 aromatic rings. The first-order chi connectivity index (χ1) is 12.0. The first-order valence-corrected chi connectivity index (χ1v) is 9.31. The molecular weight excluding hydrogens is 358 g/mol. The van der Waals surface area contributed by atoms with Gasteiger partial charge in [0.25, 0.3) is 5.91 Å². The van der Waals surface area contributed by atoms with Crippen LogP contribution in [0.5, 0.6) is 0 Å². The average Bonchev–Trinajstić information content (AvgIpc) is 3.21. The monoisotopic (exact) mass is 381 g/mol. The van der Waals surface area contributed by atoms with Crippen molar-refractivity contribution < 1.29 is 4.79 Å². The van der Waals surface area contributed by atoms with Gasteiger partial charge < -0.3 is 20.1 Å². The van der Waals surface area contributed by atoms with Crippen LogP contribution in [-0.2, 0) is 13.6 Å². The number of nitrogens with zero attached hydrogens (tertiary/aromatic N) is 3. The Labute approximate surface area is 157 Å². The molecule has 8 heteroatoms. The smallest absolute Gasteiger partial charge is 0.261 e. The van der Waals surface area contributed by atoms with Gasteiger partial charge in [0.15, 0.2) is 5.96 Å². The number of nitrogens with one attached hydrogen (secondary N) is 2. The second kappa shape index (κ2) is 9.48. The summed E-state index contributed by atoms with van der Waals surface area (Å²) in [6.07, 6.45) is 2.71. The Bertz CT molecular complexity index is 711. The number of aromatic nitrogens is 1. The summed E-state index contributed by atoms with van der Waals surface area (Å²) in [5.41, 5.74) is 1.11. The summed E-state index contributed by atoms with van der Waals surface area (Å²) in [4.78, 5) is 18.9. The zero-order valence-electron chi connectivity index (χ0n) is 14.8. The summed E-state index contributed by atoms with van der Waals surface area (Å²) >= 11 is 7.47. The fourth-order valence-electron chi connectivity index (χ4n) is 2.41. The summed E-state index contributed by atoms with van der Waals surface area (Å²) in [5, 5.41) is 8.86. The molecule has 0 saturated heterocycles. The lowest BCUT2D eigenvalue weighted by Crippen LogP contribution is -2.40. The van der Waals surface area contributed by atoms with Gasteiger partial charge in [-0.25, -0.2) is 0 Å². The molecule has 0 aliphatic rings. The number of hydrogen-bond donors (Lipinski definition) is 2. The van der Waals surface area contributed by atoms with Gasteiger partial charge in [0.2, 0.25) is 0 Å². The highest BCUT2D eigenvalue weighted by atomic mass is 35.5. The number of guanidine groups is 1. The first-order valence-electron chi connectivity index (χ1n) is 8.05. The van der Waals surface area contributed by atoms with E-state index in [4.69, 9.17) is 11.6 Å². The summed E-state index contributed by atoms with van der Waals surface area (Å²) in [5.74, 6) is 0.791. The Kier molecular flexibility index (Phi) is 7.33. The van der Waals surface area contributed by atoms with Crippen LogP contribution in [0.25, 0.3) is 0 Å². The molecule has 0 fully saturated rings. The number of carbonyl (C=O) groups excluding carboxylic acids is 1. The van der Waals surface area contributed by atoms with Gasteiger partial charge in [-0.3, -0.25) is 9.79 Å². The van der Waals surface area contributed by atoms with E-state index in [0.717, 1.165) is 34.5 Å². The molecule has 0 aliphatic carbocycles. The second-order valence-electron chi connectivity index (χ2n) is 5.68. The number of carbonyl (C=O) groups is 1. The fourth-order valence-corrected chi connectivity index (χ4v) is 3.32. The van der Waals surface area contributed by atoms with Crippen LogP contribution in [0.3, 0.4) is 0 Å². The van der Waals surface area contributed by atoms with Crippen molar-refractivity contribution in [3.8, 4) is 0 Å². The van der Waals surface area contributed by atoms with Crippen LogP contribution < -0.4 is 10.6 Å². The highest BCUT2D eigenvalue weighted by Crippen LogP contribution is 2.14. The van der Waals surface area contributed by atoms with Crippen molar-refractivity contribution in [2.75, 3.05) is 27.2 Å². The number of hydrogen-bond acceptors (Lipinski definition) is 3. The Hall–Kier alpha value is -1.99. The second-order valence-corrected chi connectivity index (χ2v) is 7.06. The van der Waals surface area contributed by atoms with E-state index in [1.54, 1.807) is 7.05 Å². The van der Waals surface area contributed by atoms with Crippen LogP contribution in [0.1, 0.15) is 21.8 Å². The molecule has 0 aliphatic heterocycles. The Morgan fingerprint density at radius 1 is 1.40 bits per heavy atom. The minimum atomic E-state index is -0.0166. The van der Waals surface area contributed by atoms with Gasteiger partial charge in [-0.1, -0.05) is 17.7 Å². The van der Waals surface area contributed by atoms with E-state index in [1.807, 2.05) is 53.3 Å². The van der Waals surface area contributed by atoms with E-state index in [1.165, 1.54) is 11.3 Å². The van der Waals surface area contributed by atoms with E-state index in [9.17, 15) is 4.79 Å². The van der Waals surface area contributed by atoms with E-state index < -0.39 is 0 Å². The van der Waals surface area contributed by atoms with Gasteiger partial charge in [-0.2, -0.15) is 0 Å². The summed E-state index contributed by atoms with van der Waals surface area (Å²) in [7, 11) is 5.71. The van der Waals surface area contributed by atoms with Crippen molar-refractivity contribution in [3.05, 3.63) is 45.4 Å². The summed E-state index contributed by atoms with van der Waals surface area (Å²) in [6.45, 7) is 2.06. The van der Waals surface area contributed by atoms with E-state index in [0.29, 0.717) is 13.1 Å². The third kappa shape index (κ3) is 5.79. The zero-order valence-corrected chi connectivity index (χ0v) is 16.3. The van der Waals surface area contributed by atoms with Gasteiger partial charge in [-0.15, -0.1) is 11.3 Å². The molecule has 0 unspecified atom stereocenters. The van der Waals surface area contributed by atoms with Crippen molar-refractivity contribution in [1.29, 1.82) is 0 Å². The predicted molar refractivity (Wildman–Crippen MR) is 105 cm³/mol. The number of aliphatic imine (C=N–C) groups is 1. The minimum Gasteiger partial charge on any atom is -0.356 e. The number of rotatable bonds is 7. The zero-order chi connectivity index (χ0) is 18.2. The molecule has 0 spiro atoms. The largest absolute Gasteiger partial charge is 0.356 e. The predicted octanol–water partition coefficient (Wildman–Crippen LogP) is 2.57. The number of thiophene rings is 1. The maximum atomic E-state index is 11.8. The van der Waals surface area contributed by atoms with E-state index in [2.05, 4.69) is 15.6 Å². The molecule has 1 amide bonds. The lowest BCUT2D eigenvalue weighted by molar-refractivity contribution is 0.0957. The topological polar surface area (TPSA) is 61.7 Å². The van der Waals surface area contributed by atoms with Crippen LogP contribution in [0.2, 0.25) is 5.02 Å². The Morgan fingerprint density at radius 3 is 2.76 bits per heavy atom. The molecule has 2 aromatic heterocycles. The Balaban J connectivity index is 1.71. The maximum absolute atomic E-state index is 11.8. The van der Waals surface area contributed by atoms with Crippen molar-refractivity contribution in [2.45, 2.75) is 13.0 Å². The molecule has 0 bridgehead atoms. The number of aryl methyl sites for hydroxylation is 1. The summed E-state index contributed by atoms with van der Waals surface area (Å²) < 4.78 is 2.01. The minimum absolute atomic E-state index is 0.0166. The van der Waals surface area contributed by atoms with Gasteiger partial charge >= 0.3 is 0 Å². The van der Waals surface area contributed by atoms with Crippen molar-refractivity contribution in [2.24, 2.45) is 12.0 Å². The van der Waals surface area contributed by atoms with Crippen LogP contribution in [0.4, 0.5) is 0 Å². The van der Waals surface area contributed by atoms with Gasteiger partial charge in [0.1, 0.15) is 0 Å². The van der Waals surface area contributed by atoms with Crippen LogP contribution in [0, 0.1) is 0 Å². The maximum Gasteiger partial charge on any atom is 0.261 e. The van der Waals surface area contributed by atoms with Crippen LogP contribution in [-0.4, -0.2) is 48.5 Å². The molecule has 0 aromatic carbocycles. The molecule has 2 N–H and O–H groups in total. The van der Waals surface area contributed by atoms with Crippen LogP contribution >= 0.6 is 22.9 Å². The highest BCUT2D eigenvalue weighted by Gasteiger charge is 2.10. The Morgan fingerprint density at radius 2 is 2.16 bits per heavy atom. The van der Waals surface area contributed by atoms with Gasteiger partial charge in [0.05, 0.1) is 16.4 Å². The molecule has 0 radical (unpaired) electrons. The third-order valence-corrected chi connectivity index (χ3v) is 4.79. The van der Waals surface area contributed by atoms with Crippen molar-refractivity contribution >= 4 is 34.8 Å². The molecule has 6 nitrogen and oxygen atoms in total. The van der Waals surface area contributed by atoms with Crippen LogP contribution in [0.15, 0.2) is 34.8 Å². The average molecular weight is 382 g/mol.